The summed E-state index contributed by atoms with van der Waals surface area (Å²) in [4.78, 5) is 0. The van der Waals surface area contributed by atoms with Gasteiger partial charge in [-0.15, -0.1) is 0 Å². The van der Waals surface area contributed by atoms with Gasteiger partial charge < -0.3 is 5.41 Å². The lowest BCUT2D eigenvalue weighted by Gasteiger charge is -2.01. The van der Waals surface area contributed by atoms with Crippen LogP contribution >= 0.6 is 11.6 Å². The van der Waals surface area contributed by atoms with Gasteiger partial charge in [-0.05, 0) is 32.3 Å². The van der Waals surface area contributed by atoms with E-state index in [0.29, 0.717) is 5.92 Å². The molecular formula is C8H12ClN. The maximum absolute atomic E-state index is 7.60. The first-order valence-electron chi connectivity index (χ1n) is 3.54. The van der Waals surface area contributed by atoms with E-state index < -0.39 is 0 Å². The van der Waals surface area contributed by atoms with E-state index in [1.165, 1.54) is 12.8 Å². The van der Waals surface area contributed by atoms with Crippen LogP contribution in [-0.4, -0.2) is 5.71 Å². The molecule has 1 N–H and O–H groups in total. The summed E-state index contributed by atoms with van der Waals surface area (Å²) >= 11 is 5.73. The molecule has 1 fully saturated rings. The molecule has 10 heavy (non-hydrogen) atoms. The molecule has 0 unspecified atom stereocenters. The Labute approximate surface area is 66.6 Å². The normalized spacial score (nSPS) is 20.3. The number of rotatable bonds is 2. The van der Waals surface area contributed by atoms with Gasteiger partial charge in [0.05, 0.1) is 0 Å². The van der Waals surface area contributed by atoms with Crippen molar-refractivity contribution in [3.8, 4) is 0 Å². The Bertz CT molecular complexity index is 185. The summed E-state index contributed by atoms with van der Waals surface area (Å²) in [5.41, 5.74) is 1.71. The fraction of sp³-hybridized carbons (Fsp3) is 0.625. The van der Waals surface area contributed by atoms with Gasteiger partial charge in [-0.1, -0.05) is 11.6 Å². The Kier molecular flexibility index (Phi) is 2.14. The molecule has 0 radical (unpaired) electrons. The summed E-state index contributed by atoms with van der Waals surface area (Å²) in [6.45, 7) is 3.76. The van der Waals surface area contributed by atoms with Gasteiger partial charge in [0.15, 0.2) is 0 Å². The monoisotopic (exact) mass is 157 g/mol. The van der Waals surface area contributed by atoms with Crippen molar-refractivity contribution in [3.63, 3.8) is 0 Å². The first-order valence-corrected chi connectivity index (χ1v) is 3.92. The number of allylic oxidation sites excluding steroid dienone is 2. The fourth-order valence-corrected chi connectivity index (χ4v) is 0.966. The molecule has 0 aromatic rings. The third kappa shape index (κ3) is 1.60. The Morgan fingerprint density at radius 1 is 1.40 bits per heavy atom. The molecule has 1 saturated carbocycles. The van der Waals surface area contributed by atoms with E-state index >= 15 is 0 Å². The van der Waals surface area contributed by atoms with Gasteiger partial charge in [0.25, 0.3) is 0 Å². The Balaban J connectivity index is 2.64. The minimum absolute atomic E-state index is 0.522. The van der Waals surface area contributed by atoms with Crippen molar-refractivity contribution in [3.05, 3.63) is 10.6 Å². The van der Waals surface area contributed by atoms with Crippen LogP contribution in [0, 0.1) is 11.3 Å². The quantitative estimate of drug-likeness (QED) is 0.596. The van der Waals surface area contributed by atoms with Gasteiger partial charge in [-0.3, -0.25) is 0 Å². The molecule has 0 amide bonds. The van der Waals surface area contributed by atoms with Gasteiger partial charge >= 0.3 is 0 Å². The zero-order valence-electron chi connectivity index (χ0n) is 6.37. The summed E-state index contributed by atoms with van der Waals surface area (Å²) in [6.07, 6.45) is 2.36. The van der Waals surface area contributed by atoms with Crippen molar-refractivity contribution in [2.24, 2.45) is 5.92 Å². The minimum atomic E-state index is 0.522. The molecule has 0 aliphatic heterocycles. The van der Waals surface area contributed by atoms with Gasteiger partial charge in [-0.2, -0.15) is 0 Å². The third-order valence-corrected chi connectivity index (χ3v) is 2.19. The summed E-state index contributed by atoms with van der Waals surface area (Å²) in [5.74, 6) is 0.522. The molecule has 1 rings (SSSR count). The summed E-state index contributed by atoms with van der Waals surface area (Å²) in [6, 6.07) is 0. The molecule has 1 nitrogen and oxygen atoms in total. The second-order valence-corrected chi connectivity index (χ2v) is 3.41. The minimum Gasteiger partial charge on any atom is -0.305 e. The van der Waals surface area contributed by atoms with E-state index in [-0.39, 0.29) is 0 Å². The number of hydrogen-bond acceptors (Lipinski definition) is 1. The lowest BCUT2D eigenvalue weighted by Crippen LogP contribution is -2.00. The molecule has 2 heteroatoms. The SMILES string of the molecule is C/C(Cl)=C(/C)C(=N)C1CC1. The zero-order valence-corrected chi connectivity index (χ0v) is 7.13. The summed E-state index contributed by atoms with van der Waals surface area (Å²) in [5, 5.41) is 8.36. The highest BCUT2D eigenvalue weighted by molar-refractivity contribution is 6.31. The van der Waals surface area contributed by atoms with Crippen LogP contribution in [0.5, 0.6) is 0 Å². The Morgan fingerprint density at radius 2 is 1.90 bits per heavy atom. The molecule has 0 spiro atoms. The molecule has 0 saturated heterocycles. The Hall–Kier alpha value is -0.300. The van der Waals surface area contributed by atoms with Crippen LogP contribution in [0.4, 0.5) is 0 Å². The standard InChI is InChI=1S/C8H12ClN/c1-5(6(2)9)8(10)7-3-4-7/h7,10H,3-4H2,1-2H3/b6-5+,10-8?. The van der Waals surface area contributed by atoms with E-state index in [0.717, 1.165) is 16.3 Å². The van der Waals surface area contributed by atoms with Crippen LogP contribution in [0.25, 0.3) is 0 Å². The van der Waals surface area contributed by atoms with E-state index in [1.54, 1.807) is 0 Å². The molecule has 0 atom stereocenters. The lowest BCUT2D eigenvalue weighted by atomic mass is 10.1. The van der Waals surface area contributed by atoms with Crippen molar-refractivity contribution in [2.45, 2.75) is 26.7 Å². The maximum atomic E-state index is 7.60. The van der Waals surface area contributed by atoms with E-state index in [1.807, 2.05) is 13.8 Å². The van der Waals surface area contributed by atoms with E-state index in [9.17, 15) is 0 Å². The van der Waals surface area contributed by atoms with Crippen molar-refractivity contribution in [1.82, 2.24) is 0 Å². The summed E-state index contributed by atoms with van der Waals surface area (Å²) in [7, 11) is 0. The second kappa shape index (κ2) is 2.75. The molecule has 1 aliphatic carbocycles. The van der Waals surface area contributed by atoms with E-state index in [2.05, 4.69) is 0 Å². The number of halogens is 1. The maximum Gasteiger partial charge on any atom is 0.0385 e. The first-order chi connectivity index (χ1) is 4.63. The lowest BCUT2D eigenvalue weighted by molar-refractivity contribution is 1.14. The van der Waals surface area contributed by atoms with Crippen LogP contribution in [0.1, 0.15) is 26.7 Å². The zero-order chi connectivity index (χ0) is 7.72. The fourth-order valence-electron chi connectivity index (χ4n) is 0.864. The van der Waals surface area contributed by atoms with Gasteiger partial charge in [0.1, 0.15) is 0 Å². The van der Waals surface area contributed by atoms with Gasteiger partial charge in [-0.25, -0.2) is 0 Å². The third-order valence-electron chi connectivity index (χ3n) is 1.91. The molecule has 56 valence electrons. The van der Waals surface area contributed by atoms with Gasteiger partial charge in [0.2, 0.25) is 0 Å². The predicted octanol–water partition coefficient (Wildman–Crippen LogP) is 2.95. The highest BCUT2D eigenvalue weighted by atomic mass is 35.5. The molecule has 0 bridgehead atoms. The smallest absolute Gasteiger partial charge is 0.0385 e. The van der Waals surface area contributed by atoms with Crippen molar-refractivity contribution >= 4 is 17.3 Å². The highest BCUT2D eigenvalue weighted by Gasteiger charge is 2.27. The Morgan fingerprint density at radius 3 is 2.20 bits per heavy atom. The average Bonchev–Trinajstić information content (AvgIpc) is 2.65. The molecule has 0 aromatic carbocycles. The van der Waals surface area contributed by atoms with E-state index in [4.69, 9.17) is 17.0 Å². The molecule has 0 heterocycles. The van der Waals surface area contributed by atoms with Crippen LogP contribution in [-0.2, 0) is 0 Å². The highest BCUT2D eigenvalue weighted by Crippen LogP contribution is 2.33. The average molecular weight is 158 g/mol. The van der Waals surface area contributed by atoms with Crippen LogP contribution < -0.4 is 0 Å². The van der Waals surface area contributed by atoms with Crippen molar-refractivity contribution in [2.75, 3.05) is 0 Å². The van der Waals surface area contributed by atoms with Gasteiger partial charge in [0, 0.05) is 16.7 Å². The van der Waals surface area contributed by atoms with Crippen LogP contribution in [0.3, 0.4) is 0 Å². The largest absolute Gasteiger partial charge is 0.305 e. The first kappa shape index (κ1) is 7.80. The van der Waals surface area contributed by atoms with Crippen molar-refractivity contribution in [1.29, 1.82) is 5.41 Å². The van der Waals surface area contributed by atoms with Crippen molar-refractivity contribution < 1.29 is 0 Å². The number of hydrogen-bond donors (Lipinski definition) is 1. The molecule has 1 aliphatic rings. The van der Waals surface area contributed by atoms with Crippen LogP contribution in [0.15, 0.2) is 10.6 Å². The van der Waals surface area contributed by atoms with Crippen LogP contribution in [0.2, 0.25) is 0 Å². The molecule has 0 aromatic heterocycles. The second-order valence-electron chi connectivity index (χ2n) is 2.85. The number of nitrogens with one attached hydrogen (secondary N) is 1. The summed E-state index contributed by atoms with van der Waals surface area (Å²) < 4.78 is 0. The predicted molar refractivity (Wildman–Crippen MR) is 44.7 cm³/mol. The molecular weight excluding hydrogens is 146 g/mol. The topological polar surface area (TPSA) is 23.9 Å².